The third kappa shape index (κ3) is 4.87. The van der Waals surface area contributed by atoms with Crippen molar-refractivity contribution < 1.29 is 9.47 Å². The second kappa shape index (κ2) is 8.89. The Morgan fingerprint density at radius 3 is 2.72 bits per heavy atom. The van der Waals surface area contributed by atoms with Gasteiger partial charge in [-0.25, -0.2) is 0 Å². The van der Waals surface area contributed by atoms with Crippen molar-refractivity contribution in [2.24, 2.45) is 5.41 Å². The fourth-order valence-electron chi connectivity index (χ4n) is 2.61. The van der Waals surface area contributed by atoms with Gasteiger partial charge in [-0.1, -0.05) is 20.3 Å². The summed E-state index contributed by atoms with van der Waals surface area (Å²) in [6, 6.07) is 0. The zero-order valence-corrected chi connectivity index (χ0v) is 12.5. The number of hydrogen-bond donors (Lipinski definition) is 1. The molecule has 2 atom stereocenters. The molecule has 1 rings (SSSR count). The van der Waals surface area contributed by atoms with Crippen molar-refractivity contribution in [2.45, 2.75) is 59.0 Å². The van der Waals surface area contributed by atoms with Gasteiger partial charge in [0.2, 0.25) is 0 Å². The Bertz CT molecular complexity index is 211. The van der Waals surface area contributed by atoms with Crippen molar-refractivity contribution in [2.75, 3.05) is 32.9 Å². The monoisotopic (exact) mass is 257 g/mol. The van der Waals surface area contributed by atoms with Gasteiger partial charge in [0.15, 0.2) is 0 Å². The van der Waals surface area contributed by atoms with Crippen LogP contribution in [0.25, 0.3) is 0 Å². The first kappa shape index (κ1) is 15.9. The average molecular weight is 257 g/mol. The Hall–Kier alpha value is -0.120. The molecule has 1 N–H and O–H groups in total. The second-order valence-electron chi connectivity index (χ2n) is 5.52. The van der Waals surface area contributed by atoms with Crippen molar-refractivity contribution in [1.82, 2.24) is 5.32 Å². The predicted octanol–water partition coefficient (Wildman–Crippen LogP) is 2.99. The maximum atomic E-state index is 5.78. The van der Waals surface area contributed by atoms with Crippen LogP contribution >= 0.6 is 0 Å². The summed E-state index contributed by atoms with van der Waals surface area (Å²) in [4.78, 5) is 0. The van der Waals surface area contributed by atoms with Crippen LogP contribution < -0.4 is 5.32 Å². The molecular formula is C15H31NO2. The molecule has 0 aromatic heterocycles. The molecular weight excluding hydrogens is 226 g/mol. The second-order valence-corrected chi connectivity index (χ2v) is 5.52. The van der Waals surface area contributed by atoms with E-state index >= 15 is 0 Å². The minimum atomic E-state index is 0.293. The van der Waals surface area contributed by atoms with E-state index in [0.29, 0.717) is 11.5 Å². The molecule has 0 aromatic rings. The first-order valence-corrected chi connectivity index (χ1v) is 7.65. The first-order chi connectivity index (χ1) is 8.75. The fourth-order valence-corrected chi connectivity index (χ4v) is 2.61. The summed E-state index contributed by atoms with van der Waals surface area (Å²) in [5.74, 6) is 0. The topological polar surface area (TPSA) is 30.5 Å². The lowest BCUT2D eigenvalue weighted by molar-refractivity contribution is 0.0326. The number of nitrogens with one attached hydrogen (secondary N) is 1. The molecule has 3 nitrogen and oxygen atoms in total. The summed E-state index contributed by atoms with van der Waals surface area (Å²) in [5, 5.41) is 3.56. The van der Waals surface area contributed by atoms with Gasteiger partial charge in [-0.3, -0.25) is 0 Å². The Labute approximate surface area is 113 Å². The molecule has 0 bridgehead atoms. The standard InChI is InChI=1S/C15H31NO2/c1-4-6-10-17-11-7-15(13-16-9-5-2)8-12-18-14(15)3/h14,16H,4-13H2,1-3H3. The third-order valence-corrected chi connectivity index (χ3v) is 4.12. The molecule has 1 aliphatic heterocycles. The Balaban J connectivity index is 2.31. The van der Waals surface area contributed by atoms with Crippen molar-refractivity contribution in [3.63, 3.8) is 0 Å². The summed E-state index contributed by atoms with van der Waals surface area (Å²) in [6.45, 7) is 11.5. The molecule has 0 aliphatic carbocycles. The van der Waals surface area contributed by atoms with Crippen LogP contribution in [0.2, 0.25) is 0 Å². The first-order valence-electron chi connectivity index (χ1n) is 7.65. The number of unbranched alkanes of at least 4 members (excludes halogenated alkanes) is 1. The van der Waals surface area contributed by atoms with Crippen LogP contribution in [-0.4, -0.2) is 39.0 Å². The van der Waals surface area contributed by atoms with Crippen molar-refractivity contribution >= 4 is 0 Å². The largest absolute Gasteiger partial charge is 0.381 e. The van der Waals surface area contributed by atoms with Gasteiger partial charge < -0.3 is 14.8 Å². The van der Waals surface area contributed by atoms with Crippen LogP contribution in [0.1, 0.15) is 52.9 Å². The molecule has 1 saturated heterocycles. The van der Waals surface area contributed by atoms with E-state index in [-0.39, 0.29) is 0 Å². The van der Waals surface area contributed by atoms with E-state index < -0.39 is 0 Å². The highest BCUT2D eigenvalue weighted by Gasteiger charge is 2.40. The van der Waals surface area contributed by atoms with Gasteiger partial charge in [0.05, 0.1) is 6.10 Å². The Morgan fingerprint density at radius 2 is 2.11 bits per heavy atom. The summed E-state index contributed by atoms with van der Waals surface area (Å²) < 4.78 is 11.5. The zero-order valence-electron chi connectivity index (χ0n) is 12.5. The Kier molecular flexibility index (Phi) is 7.87. The van der Waals surface area contributed by atoms with E-state index in [1.54, 1.807) is 0 Å². The summed E-state index contributed by atoms with van der Waals surface area (Å²) in [7, 11) is 0. The van der Waals surface area contributed by atoms with Gasteiger partial charge in [0.1, 0.15) is 0 Å². The van der Waals surface area contributed by atoms with Crippen LogP contribution in [0, 0.1) is 5.41 Å². The number of hydrogen-bond acceptors (Lipinski definition) is 3. The minimum absolute atomic E-state index is 0.293. The zero-order chi connectivity index (χ0) is 13.3. The van der Waals surface area contributed by atoms with Gasteiger partial charge in [0.25, 0.3) is 0 Å². The van der Waals surface area contributed by atoms with Gasteiger partial charge in [-0.05, 0) is 39.2 Å². The highest BCUT2D eigenvalue weighted by Crippen LogP contribution is 2.37. The minimum Gasteiger partial charge on any atom is -0.381 e. The van der Waals surface area contributed by atoms with Crippen LogP contribution in [0.3, 0.4) is 0 Å². The van der Waals surface area contributed by atoms with E-state index in [9.17, 15) is 0 Å². The normalized spacial score (nSPS) is 27.8. The maximum Gasteiger partial charge on any atom is 0.0617 e. The van der Waals surface area contributed by atoms with Crippen LogP contribution in [0.15, 0.2) is 0 Å². The molecule has 108 valence electrons. The lowest BCUT2D eigenvalue weighted by Crippen LogP contribution is -2.40. The lowest BCUT2D eigenvalue weighted by Gasteiger charge is -2.32. The molecule has 0 aromatic carbocycles. The molecule has 0 amide bonds. The summed E-state index contributed by atoms with van der Waals surface area (Å²) in [6.07, 6.45) is 6.22. The summed E-state index contributed by atoms with van der Waals surface area (Å²) >= 11 is 0. The van der Waals surface area contributed by atoms with Crippen LogP contribution in [0.4, 0.5) is 0 Å². The fraction of sp³-hybridized carbons (Fsp3) is 1.00. The van der Waals surface area contributed by atoms with E-state index in [0.717, 1.165) is 39.3 Å². The van der Waals surface area contributed by atoms with E-state index in [4.69, 9.17) is 9.47 Å². The predicted molar refractivity (Wildman–Crippen MR) is 76.0 cm³/mol. The summed E-state index contributed by atoms with van der Waals surface area (Å²) in [5.41, 5.74) is 0.293. The maximum absolute atomic E-state index is 5.78. The van der Waals surface area contributed by atoms with Crippen LogP contribution in [-0.2, 0) is 9.47 Å². The quantitative estimate of drug-likeness (QED) is 0.610. The van der Waals surface area contributed by atoms with Gasteiger partial charge in [-0.2, -0.15) is 0 Å². The molecule has 0 radical (unpaired) electrons. The molecule has 3 heteroatoms. The van der Waals surface area contributed by atoms with Crippen molar-refractivity contribution in [3.8, 4) is 0 Å². The van der Waals surface area contributed by atoms with Crippen molar-refractivity contribution in [1.29, 1.82) is 0 Å². The highest BCUT2D eigenvalue weighted by atomic mass is 16.5. The molecule has 1 fully saturated rings. The smallest absolute Gasteiger partial charge is 0.0617 e. The molecule has 1 aliphatic rings. The highest BCUT2D eigenvalue weighted by molar-refractivity contribution is 4.91. The van der Waals surface area contributed by atoms with E-state index in [2.05, 4.69) is 26.1 Å². The van der Waals surface area contributed by atoms with Crippen LogP contribution in [0.5, 0.6) is 0 Å². The third-order valence-electron chi connectivity index (χ3n) is 4.12. The molecule has 0 saturated carbocycles. The number of ether oxygens (including phenoxy) is 2. The Morgan fingerprint density at radius 1 is 1.28 bits per heavy atom. The molecule has 1 heterocycles. The van der Waals surface area contributed by atoms with Crippen molar-refractivity contribution in [3.05, 3.63) is 0 Å². The molecule has 2 unspecified atom stereocenters. The van der Waals surface area contributed by atoms with E-state index in [1.165, 1.54) is 25.7 Å². The van der Waals surface area contributed by atoms with Gasteiger partial charge in [-0.15, -0.1) is 0 Å². The lowest BCUT2D eigenvalue weighted by atomic mass is 9.78. The molecule has 18 heavy (non-hydrogen) atoms. The average Bonchev–Trinajstić information content (AvgIpc) is 2.72. The van der Waals surface area contributed by atoms with Gasteiger partial charge in [0, 0.05) is 31.8 Å². The number of rotatable bonds is 10. The van der Waals surface area contributed by atoms with Gasteiger partial charge >= 0.3 is 0 Å². The molecule has 0 spiro atoms. The SMILES string of the molecule is CCCCOCCC1(CNCCC)CCOC1C. The van der Waals surface area contributed by atoms with E-state index in [1.807, 2.05) is 0 Å².